The first-order chi connectivity index (χ1) is 9.93. The van der Waals surface area contributed by atoms with E-state index in [-0.39, 0.29) is 29.8 Å². The summed E-state index contributed by atoms with van der Waals surface area (Å²) >= 11 is 0. The van der Waals surface area contributed by atoms with Crippen molar-refractivity contribution < 1.29 is 14.3 Å². The van der Waals surface area contributed by atoms with Crippen molar-refractivity contribution >= 4 is 11.8 Å². The average molecular weight is 296 g/mol. The largest absolute Gasteiger partial charge is 0.385 e. The Balaban J connectivity index is 2.28. The molecule has 0 radical (unpaired) electrons. The Bertz CT molecular complexity index is 402. The second-order valence-electron chi connectivity index (χ2n) is 6.81. The number of nitrogens with zero attached hydrogens (tertiary/aromatic N) is 1. The molecule has 2 atom stereocenters. The van der Waals surface area contributed by atoms with Crippen molar-refractivity contribution in [3.63, 3.8) is 0 Å². The minimum absolute atomic E-state index is 0.00997. The lowest BCUT2D eigenvalue weighted by Crippen LogP contribution is -2.72. The van der Waals surface area contributed by atoms with Crippen LogP contribution in [0.5, 0.6) is 0 Å². The molecule has 1 saturated carbocycles. The van der Waals surface area contributed by atoms with Gasteiger partial charge in [0, 0.05) is 19.8 Å². The summed E-state index contributed by atoms with van der Waals surface area (Å²) in [5.41, 5.74) is -0.635. The molecule has 2 unspecified atom stereocenters. The Morgan fingerprint density at radius 3 is 2.43 bits per heavy atom. The van der Waals surface area contributed by atoms with E-state index in [0.29, 0.717) is 6.61 Å². The zero-order valence-electron chi connectivity index (χ0n) is 13.6. The van der Waals surface area contributed by atoms with Crippen molar-refractivity contribution in [3.8, 4) is 0 Å². The van der Waals surface area contributed by atoms with Crippen LogP contribution in [0.25, 0.3) is 0 Å². The quantitative estimate of drug-likeness (QED) is 0.840. The van der Waals surface area contributed by atoms with Gasteiger partial charge in [-0.25, -0.2) is 0 Å². The summed E-state index contributed by atoms with van der Waals surface area (Å²) in [6.07, 6.45) is 4.33. The Hall–Kier alpha value is -1.10. The van der Waals surface area contributed by atoms with Crippen LogP contribution >= 0.6 is 0 Å². The second-order valence-corrected chi connectivity index (χ2v) is 6.81. The van der Waals surface area contributed by atoms with Gasteiger partial charge in [0.15, 0.2) is 0 Å². The summed E-state index contributed by atoms with van der Waals surface area (Å²) in [6.45, 7) is 6.62. The smallest absolute Gasteiger partial charge is 0.249 e. The predicted octanol–water partition coefficient (Wildman–Crippen LogP) is 1.71. The number of methoxy groups -OCH3 is 1. The number of nitrogens with one attached hydrogen (secondary N) is 1. The van der Waals surface area contributed by atoms with Gasteiger partial charge < -0.3 is 15.0 Å². The highest BCUT2D eigenvalue weighted by Gasteiger charge is 2.53. The van der Waals surface area contributed by atoms with E-state index in [4.69, 9.17) is 4.74 Å². The fourth-order valence-corrected chi connectivity index (χ4v) is 3.71. The zero-order chi connectivity index (χ0) is 15.6. The maximum absolute atomic E-state index is 13.1. The Kier molecular flexibility index (Phi) is 4.91. The third-order valence-corrected chi connectivity index (χ3v) is 4.88. The minimum Gasteiger partial charge on any atom is -0.385 e. The lowest BCUT2D eigenvalue weighted by Gasteiger charge is -2.48. The van der Waals surface area contributed by atoms with E-state index in [0.717, 1.165) is 32.1 Å². The molecule has 5 nitrogen and oxygen atoms in total. The van der Waals surface area contributed by atoms with Crippen LogP contribution in [0.3, 0.4) is 0 Å². The van der Waals surface area contributed by atoms with Crippen LogP contribution in [-0.4, -0.2) is 48.1 Å². The van der Waals surface area contributed by atoms with Crippen LogP contribution in [0.1, 0.15) is 52.9 Å². The topological polar surface area (TPSA) is 58.6 Å². The Morgan fingerprint density at radius 2 is 1.90 bits per heavy atom. The maximum Gasteiger partial charge on any atom is 0.249 e. The fraction of sp³-hybridized carbons (Fsp3) is 0.875. The minimum atomic E-state index is -0.635. The summed E-state index contributed by atoms with van der Waals surface area (Å²) in [5.74, 6) is 0.232. The van der Waals surface area contributed by atoms with Gasteiger partial charge in [0.2, 0.25) is 11.8 Å². The van der Waals surface area contributed by atoms with E-state index in [9.17, 15) is 9.59 Å². The molecule has 1 saturated heterocycles. The molecule has 0 aromatic rings. The van der Waals surface area contributed by atoms with Gasteiger partial charge in [-0.2, -0.15) is 0 Å². The molecular formula is C16H28N2O3. The number of hydrogen-bond donors (Lipinski definition) is 1. The van der Waals surface area contributed by atoms with Gasteiger partial charge in [-0.1, -0.05) is 26.7 Å². The molecule has 1 aliphatic heterocycles. The van der Waals surface area contributed by atoms with Crippen LogP contribution in [-0.2, 0) is 14.3 Å². The number of ether oxygens (including phenoxy) is 1. The van der Waals surface area contributed by atoms with Crippen LogP contribution in [0.2, 0.25) is 0 Å². The number of piperazine rings is 1. The number of carbonyl (C=O) groups is 2. The van der Waals surface area contributed by atoms with Crippen molar-refractivity contribution in [3.05, 3.63) is 0 Å². The summed E-state index contributed by atoms with van der Waals surface area (Å²) in [5, 5.41) is 3.05. The molecule has 1 spiro atoms. The average Bonchev–Trinajstić information content (AvgIpc) is 2.88. The van der Waals surface area contributed by atoms with E-state index in [2.05, 4.69) is 5.32 Å². The molecule has 21 heavy (non-hydrogen) atoms. The van der Waals surface area contributed by atoms with Crippen molar-refractivity contribution in [1.29, 1.82) is 0 Å². The summed E-state index contributed by atoms with van der Waals surface area (Å²) in [6, 6.07) is -0.344. The van der Waals surface area contributed by atoms with Crippen LogP contribution < -0.4 is 5.32 Å². The lowest BCUT2D eigenvalue weighted by atomic mass is 9.86. The van der Waals surface area contributed by atoms with E-state index in [1.54, 1.807) is 7.11 Å². The zero-order valence-corrected chi connectivity index (χ0v) is 13.6. The number of hydrogen-bond acceptors (Lipinski definition) is 3. The SMILES string of the molecule is COCCC(C)N1C(=O)C2(CCCC2)NC(=O)C1C(C)C. The molecule has 0 aromatic heterocycles. The van der Waals surface area contributed by atoms with Crippen molar-refractivity contribution in [1.82, 2.24) is 10.2 Å². The highest BCUT2D eigenvalue weighted by atomic mass is 16.5. The maximum atomic E-state index is 13.1. The van der Waals surface area contributed by atoms with E-state index >= 15 is 0 Å². The summed E-state index contributed by atoms with van der Waals surface area (Å²) in [4.78, 5) is 27.5. The van der Waals surface area contributed by atoms with E-state index in [1.165, 1.54) is 0 Å². The molecule has 0 bridgehead atoms. The third kappa shape index (κ3) is 2.93. The van der Waals surface area contributed by atoms with Crippen molar-refractivity contribution in [2.45, 2.75) is 70.5 Å². The highest BCUT2D eigenvalue weighted by molar-refractivity contribution is 6.00. The third-order valence-electron chi connectivity index (χ3n) is 4.88. The summed E-state index contributed by atoms with van der Waals surface area (Å²) in [7, 11) is 1.66. The first-order valence-electron chi connectivity index (χ1n) is 8.06. The second kappa shape index (κ2) is 6.34. The molecule has 1 heterocycles. The van der Waals surface area contributed by atoms with Gasteiger partial charge in [0.1, 0.15) is 11.6 Å². The first-order valence-corrected chi connectivity index (χ1v) is 8.06. The molecule has 5 heteroatoms. The lowest BCUT2D eigenvalue weighted by molar-refractivity contribution is -0.159. The normalized spacial score (nSPS) is 26.5. The van der Waals surface area contributed by atoms with Gasteiger partial charge in [-0.05, 0) is 32.1 Å². The molecular weight excluding hydrogens is 268 g/mol. The van der Waals surface area contributed by atoms with Crippen molar-refractivity contribution in [2.24, 2.45) is 5.92 Å². The molecule has 1 aliphatic carbocycles. The Morgan fingerprint density at radius 1 is 1.29 bits per heavy atom. The molecule has 0 aromatic carbocycles. The highest BCUT2D eigenvalue weighted by Crippen LogP contribution is 2.36. The Labute approximate surface area is 127 Å². The number of carbonyl (C=O) groups excluding carboxylic acids is 2. The van der Waals surface area contributed by atoms with Crippen LogP contribution in [0, 0.1) is 5.92 Å². The molecule has 2 fully saturated rings. The number of amides is 2. The molecule has 2 amide bonds. The number of rotatable bonds is 5. The molecule has 1 N–H and O–H groups in total. The molecule has 2 aliphatic rings. The van der Waals surface area contributed by atoms with Gasteiger partial charge in [0.05, 0.1) is 0 Å². The fourth-order valence-electron chi connectivity index (χ4n) is 3.71. The molecule has 2 rings (SSSR count). The van der Waals surface area contributed by atoms with Gasteiger partial charge in [0.25, 0.3) is 0 Å². The van der Waals surface area contributed by atoms with E-state index in [1.807, 2.05) is 25.7 Å². The van der Waals surface area contributed by atoms with E-state index < -0.39 is 5.54 Å². The van der Waals surface area contributed by atoms with Crippen molar-refractivity contribution in [2.75, 3.05) is 13.7 Å². The molecule has 120 valence electrons. The standard InChI is InChI=1S/C16H28N2O3/c1-11(2)13-14(19)17-16(8-5-6-9-16)15(20)18(13)12(3)7-10-21-4/h11-13H,5-10H2,1-4H3,(H,17,19). The van der Waals surface area contributed by atoms with Crippen LogP contribution in [0.4, 0.5) is 0 Å². The van der Waals surface area contributed by atoms with Gasteiger partial charge >= 0.3 is 0 Å². The van der Waals surface area contributed by atoms with Crippen LogP contribution in [0.15, 0.2) is 0 Å². The van der Waals surface area contributed by atoms with Gasteiger partial charge in [-0.3, -0.25) is 9.59 Å². The monoisotopic (exact) mass is 296 g/mol. The summed E-state index contributed by atoms with van der Waals surface area (Å²) < 4.78 is 5.14. The van der Waals surface area contributed by atoms with Gasteiger partial charge in [-0.15, -0.1) is 0 Å². The predicted molar refractivity (Wildman–Crippen MR) is 80.8 cm³/mol. The first kappa shape index (κ1) is 16.3.